The predicted molar refractivity (Wildman–Crippen MR) is 75.4 cm³/mol. The van der Waals surface area contributed by atoms with Crippen LogP contribution in [-0.4, -0.2) is 14.9 Å². The first-order chi connectivity index (χ1) is 9.22. The number of hydrogen-bond acceptors (Lipinski definition) is 2. The highest BCUT2D eigenvalue weighted by Gasteiger charge is 2.35. The zero-order valence-corrected chi connectivity index (χ0v) is 11.6. The van der Waals surface area contributed by atoms with E-state index < -0.39 is 6.10 Å². The van der Waals surface area contributed by atoms with Crippen molar-refractivity contribution in [3.63, 3.8) is 0 Å². The van der Waals surface area contributed by atoms with Crippen molar-refractivity contribution in [1.82, 2.24) is 9.78 Å². The van der Waals surface area contributed by atoms with E-state index in [1.807, 2.05) is 16.8 Å². The maximum atomic E-state index is 10.6. The first kappa shape index (κ1) is 12.7. The van der Waals surface area contributed by atoms with Gasteiger partial charge >= 0.3 is 0 Å². The summed E-state index contributed by atoms with van der Waals surface area (Å²) in [6.07, 6.45) is 2.93. The summed E-state index contributed by atoms with van der Waals surface area (Å²) in [5, 5.41) is 15.4. The normalized spacial score (nSPS) is 18.8. The number of halogens is 1. The molecule has 0 radical (unpaired) electrons. The van der Waals surface area contributed by atoms with Crippen molar-refractivity contribution in [2.45, 2.75) is 38.3 Å². The molecule has 1 N–H and O–H groups in total. The number of aromatic nitrogens is 2. The third-order valence-corrected chi connectivity index (χ3v) is 4.12. The number of nitrogens with zero attached hydrogens (tertiary/aromatic N) is 2. The van der Waals surface area contributed by atoms with E-state index in [1.54, 1.807) is 6.20 Å². The zero-order chi connectivity index (χ0) is 13.4. The van der Waals surface area contributed by atoms with Crippen LogP contribution in [-0.2, 0) is 13.0 Å². The minimum atomic E-state index is -0.573. The molecule has 0 saturated heterocycles. The maximum Gasteiger partial charge on any atom is 0.104 e. The third-order valence-electron chi connectivity index (χ3n) is 3.82. The Hall–Kier alpha value is -1.32. The monoisotopic (exact) mass is 276 g/mol. The molecular weight excluding hydrogens is 260 g/mol. The molecule has 0 bridgehead atoms. The molecule has 19 heavy (non-hydrogen) atoms. The van der Waals surface area contributed by atoms with Crippen molar-refractivity contribution in [2.24, 2.45) is 0 Å². The first-order valence-electron chi connectivity index (χ1n) is 6.69. The largest absolute Gasteiger partial charge is 0.386 e. The molecule has 0 spiro atoms. The van der Waals surface area contributed by atoms with E-state index in [1.165, 1.54) is 11.1 Å². The van der Waals surface area contributed by atoms with Crippen molar-refractivity contribution >= 4 is 11.6 Å². The molecular formula is C15H17ClN2O. The Morgan fingerprint density at radius 1 is 1.47 bits per heavy atom. The van der Waals surface area contributed by atoms with E-state index in [2.05, 4.69) is 24.2 Å². The summed E-state index contributed by atoms with van der Waals surface area (Å²) >= 11 is 6.18. The molecule has 2 aromatic rings. The van der Waals surface area contributed by atoms with E-state index >= 15 is 0 Å². The van der Waals surface area contributed by atoms with Gasteiger partial charge in [0.25, 0.3) is 0 Å². The Labute approximate surface area is 117 Å². The fourth-order valence-electron chi connectivity index (χ4n) is 2.83. The standard InChI is InChI=1S/C15H17ClN2O/c1-2-7-18-14(13(16)9-17-18)15(19)12-8-10-5-3-4-6-11(10)12/h3-6,9,12,15,19H,2,7-8H2,1H3. The van der Waals surface area contributed by atoms with Crippen LogP contribution in [0.4, 0.5) is 0 Å². The Morgan fingerprint density at radius 2 is 2.26 bits per heavy atom. The molecule has 1 aliphatic rings. The van der Waals surface area contributed by atoms with Crippen LogP contribution in [0.15, 0.2) is 30.5 Å². The third kappa shape index (κ3) is 2.07. The van der Waals surface area contributed by atoms with Crippen LogP contribution >= 0.6 is 11.6 Å². The average molecular weight is 277 g/mol. The number of aliphatic hydroxyl groups is 1. The van der Waals surface area contributed by atoms with Crippen LogP contribution in [0.3, 0.4) is 0 Å². The summed E-state index contributed by atoms with van der Waals surface area (Å²) in [5.41, 5.74) is 3.31. The number of aryl methyl sites for hydroxylation is 1. The van der Waals surface area contributed by atoms with Crippen LogP contribution in [0.5, 0.6) is 0 Å². The number of aliphatic hydroxyl groups excluding tert-OH is 1. The van der Waals surface area contributed by atoms with E-state index in [0.717, 1.165) is 25.1 Å². The molecule has 1 heterocycles. The van der Waals surface area contributed by atoms with Crippen molar-refractivity contribution in [1.29, 1.82) is 0 Å². The molecule has 1 aliphatic carbocycles. The molecule has 0 aliphatic heterocycles. The molecule has 1 aromatic heterocycles. The lowest BCUT2D eigenvalue weighted by molar-refractivity contribution is 0.124. The van der Waals surface area contributed by atoms with Crippen LogP contribution in [0, 0.1) is 0 Å². The second kappa shape index (κ2) is 4.99. The molecule has 0 saturated carbocycles. The Bertz CT molecular complexity index is 594. The second-order valence-corrected chi connectivity index (χ2v) is 5.46. The molecule has 1 aromatic carbocycles. The van der Waals surface area contributed by atoms with E-state index in [-0.39, 0.29) is 5.92 Å². The van der Waals surface area contributed by atoms with E-state index in [0.29, 0.717) is 5.02 Å². The van der Waals surface area contributed by atoms with Crippen LogP contribution in [0.1, 0.15) is 42.2 Å². The van der Waals surface area contributed by atoms with Gasteiger partial charge in [-0.3, -0.25) is 4.68 Å². The van der Waals surface area contributed by atoms with Crippen molar-refractivity contribution < 1.29 is 5.11 Å². The zero-order valence-electron chi connectivity index (χ0n) is 10.9. The van der Waals surface area contributed by atoms with Gasteiger partial charge in [-0.25, -0.2) is 0 Å². The van der Waals surface area contributed by atoms with Crippen molar-refractivity contribution in [3.8, 4) is 0 Å². The van der Waals surface area contributed by atoms with Crippen molar-refractivity contribution in [3.05, 3.63) is 52.3 Å². The van der Waals surface area contributed by atoms with Crippen LogP contribution < -0.4 is 0 Å². The molecule has 100 valence electrons. The molecule has 4 heteroatoms. The second-order valence-electron chi connectivity index (χ2n) is 5.06. The Balaban J connectivity index is 1.90. The van der Waals surface area contributed by atoms with Gasteiger partial charge in [0.1, 0.15) is 6.10 Å². The van der Waals surface area contributed by atoms with Crippen molar-refractivity contribution in [2.75, 3.05) is 0 Å². The molecule has 2 atom stereocenters. The fourth-order valence-corrected chi connectivity index (χ4v) is 3.08. The lowest BCUT2D eigenvalue weighted by Gasteiger charge is -2.34. The summed E-state index contributed by atoms with van der Waals surface area (Å²) in [4.78, 5) is 0. The highest BCUT2D eigenvalue weighted by atomic mass is 35.5. The number of benzene rings is 1. The Morgan fingerprint density at radius 3 is 3.00 bits per heavy atom. The molecule has 2 unspecified atom stereocenters. The van der Waals surface area contributed by atoms with E-state index in [4.69, 9.17) is 11.6 Å². The van der Waals surface area contributed by atoms with Gasteiger partial charge in [-0.05, 0) is 24.0 Å². The highest BCUT2D eigenvalue weighted by molar-refractivity contribution is 6.31. The molecule has 0 fully saturated rings. The van der Waals surface area contributed by atoms with Gasteiger partial charge < -0.3 is 5.11 Å². The summed E-state index contributed by atoms with van der Waals surface area (Å²) < 4.78 is 1.83. The molecule has 3 rings (SSSR count). The highest BCUT2D eigenvalue weighted by Crippen LogP contribution is 2.44. The fraction of sp³-hybridized carbons (Fsp3) is 0.400. The van der Waals surface area contributed by atoms with Crippen LogP contribution in [0.25, 0.3) is 0 Å². The quantitative estimate of drug-likeness (QED) is 0.930. The lowest BCUT2D eigenvalue weighted by atomic mass is 9.74. The summed E-state index contributed by atoms with van der Waals surface area (Å²) in [6.45, 7) is 2.87. The van der Waals surface area contributed by atoms with Gasteiger partial charge in [0.15, 0.2) is 0 Å². The molecule has 0 amide bonds. The smallest absolute Gasteiger partial charge is 0.104 e. The summed E-state index contributed by atoms with van der Waals surface area (Å²) in [6, 6.07) is 8.25. The van der Waals surface area contributed by atoms with E-state index in [9.17, 15) is 5.11 Å². The van der Waals surface area contributed by atoms with Crippen LogP contribution in [0.2, 0.25) is 5.02 Å². The summed E-state index contributed by atoms with van der Waals surface area (Å²) in [5.74, 6) is 0.140. The number of rotatable bonds is 4. The first-order valence-corrected chi connectivity index (χ1v) is 7.07. The SMILES string of the molecule is CCCn1ncc(Cl)c1C(O)C1Cc2ccccc21. The summed E-state index contributed by atoms with van der Waals surface area (Å²) in [7, 11) is 0. The predicted octanol–water partition coefficient (Wildman–Crippen LogP) is 3.32. The van der Waals surface area contributed by atoms with Gasteiger partial charge in [-0.15, -0.1) is 0 Å². The average Bonchev–Trinajstić information content (AvgIpc) is 2.72. The molecule has 3 nitrogen and oxygen atoms in total. The number of hydrogen-bond donors (Lipinski definition) is 1. The Kier molecular flexibility index (Phi) is 3.33. The van der Waals surface area contributed by atoms with Gasteiger partial charge in [0.2, 0.25) is 0 Å². The van der Waals surface area contributed by atoms with Gasteiger partial charge in [-0.1, -0.05) is 42.8 Å². The topological polar surface area (TPSA) is 38.0 Å². The van der Waals surface area contributed by atoms with Gasteiger partial charge in [-0.2, -0.15) is 5.10 Å². The lowest BCUT2D eigenvalue weighted by Crippen LogP contribution is -2.25. The van der Waals surface area contributed by atoms with Gasteiger partial charge in [0, 0.05) is 12.5 Å². The number of fused-ring (bicyclic) bond motifs is 1. The van der Waals surface area contributed by atoms with Gasteiger partial charge in [0.05, 0.1) is 16.9 Å². The maximum absolute atomic E-state index is 10.6. The minimum absolute atomic E-state index is 0.140. The minimum Gasteiger partial charge on any atom is -0.386 e.